The average molecular weight is 290 g/mol. The molecule has 1 aliphatic heterocycles. The molecule has 1 aliphatic carbocycles. The molecule has 2 fully saturated rings. The number of carbonyl (C=O) groups is 1. The largest absolute Gasteiger partial charge is 0.497 e. The molecule has 0 spiro atoms. The van der Waals surface area contributed by atoms with Gasteiger partial charge in [0.2, 0.25) is 0 Å². The number of methoxy groups -OCH3 is 1. The lowest BCUT2D eigenvalue weighted by atomic mass is 10.1. The first kappa shape index (κ1) is 14.4. The third-order valence-electron chi connectivity index (χ3n) is 3.99. The molecular weight excluding hydrogens is 268 g/mol. The van der Waals surface area contributed by atoms with Gasteiger partial charge in [0.25, 0.3) is 5.91 Å². The Balaban J connectivity index is 1.67. The lowest BCUT2D eigenvalue weighted by Crippen LogP contribution is -2.49. The van der Waals surface area contributed by atoms with E-state index in [9.17, 15) is 4.79 Å². The van der Waals surface area contributed by atoms with Gasteiger partial charge in [0.05, 0.1) is 13.7 Å². The molecule has 1 N–H and O–H groups in total. The zero-order chi connectivity index (χ0) is 14.7. The van der Waals surface area contributed by atoms with Crippen LogP contribution in [0.2, 0.25) is 0 Å². The molecule has 1 aromatic rings. The smallest absolute Gasteiger partial charge is 0.253 e. The maximum Gasteiger partial charge on any atom is 0.253 e. The summed E-state index contributed by atoms with van der Waals surface area (Å²) in [6, 6.07) is 8.28. The van der Waals surface area contributed by atoms with E-state index in [1.165, 1.54) is 0 Å². The van der Waals surface area contributed by atoms with E-state index in [1.807, 2.05) is 29.2 Å². The molecule has 21 heavy (non-hydrogen) atoms. The highest BCUT2D eigenvalue weighted by Gasteiger charge is 2.36. The molecule has 5 heteroatoms. The Bertz CT molecular complexity index is 479. The molecule has 5 nitrogen and oxygen atoms in total. The minimum atomic E-state index is -0.336. The van der Waals surface area contributed by atoms with E-state index in [4.69, 9.17) is 9.47 Å². The maximum absolute atomic E-state index is 12.6. The molecule has 0 radical (unpaired) electrons. The number of hydrogen-bond donors (Lipinski definition) is 1. The van der Waals surface area contributed by atoms with Gasteiger partial charge < -0.3 is 19.7 Å². The van der Waals surface area contributed by atoms with Crippen molar-refractivity contribution in [1.29, 1.82) is 0 Å². The number of amides is 1. The van der Waals surface area contributed by atoms with Crippen molar-refractivity contribution in [3.05, 3.63) is 29.8 Å². The Hall–Kier alpha value is -1.59. The molecule has 2 aliphatic rings. The summed E-state index contributed by atoms with van der Waals surface area (Å²) in [5.41, 5.74) is 1.12. The Morgan fingerprint density at radius 3 is 2.71 bits per heavy atom. The van der Waals surface area contributed by atoms with Gasteiger partial charge >= 0.3 is 0 Å². The third-order valence-corrected chi connectivity index (χ3v) is 3.99. The lowest BCUT2D eigenvalue weighted by Gasteiger charge is -2.30. The van der Waals surface area contributed by atoms with Crippen LogP contribution in [0.15, 0.2) is 24.3 Å². The van der Waals surface area contributed by atoms with Gasteiger partial charge in [0, 0.05) is 25.7 Å². The zero-order valence-electron chi connectivity index (χ0n) is 12.4. The number of carbonyl (C=O) groups excluding carboxylic acids is 1. The summed E-state index contributed by atoms with van der Waals surface area (Å²) < 4.78 is 10.8. The summed E-state index contributed by atoms with van der Waals surface area (Å²) in [4.78, 5) is 14.6. The molecule has 0 aromatic heterocycles. The fraction of sp³-hybridized carbons (Fsp3) is 0.562. The van der Waals surface area contributed by atoms with Crippen LogP contribution in [0, 0.1) is 0 Å². The van der Waals surface area contributed by atoms with Crippen molar-refractivity contribution >= 4 is 5.91 Å². The van der Waals surface area contributed by atoms with Gasteiger partial charge in [-0.1, -0.05) is 12.1 Å². The summed E-state index contributed by atoms with van der Waals surface area (Å²) in [6.45, 7) is 2.70. The van der Waals surface area contributed by atoms with E-state index < -0.39 is 0 Å². The fourth-order valence-corrected chi connectivity index (χ4v) is 2.61. The highest BCUT2D eigenvalue weighted by atomic mass is 16.5. The quantitative estimate of drug-likeness (QED) is 0.884. The SMILES string of the molecule is COc1ccc(CN(C(=O)C2CNCCO2)C2CC2)cc1. The van der Waals surface area contributed by atoms with Gasteiger partial charge in [-0.2, -0.15) is 0 Å². The number of nitrogens with one attached hydrogen (secondary N) is 1. The van der Waals surface area contributed by atoms with Crippen LogP contribution in [0.1, 0.15) is 18.4 Å². The Labute approximate surface area is 125 Å². The molecule has 114 valence electrons. The monoisotopic (exact) mass is 290 g/mol. The van der Waals surface area contributed by atoms with Crippen molar-refractivity contribution in [2.24, 2.45) is 0 Å². The van der Waals surface area contributed by atoms with E-state index in [0.717, 1.165) is 30.7 Å². The van der Waals surface area contributed by atoms with Crippen LogP contribution in [0.3, 0.4) is 0 Å². The first-order valence-corrected chi connectivity index (χ1v) is 7.53. The van der Waals surface area contributed by atoms with E-state index in [1.54, 1.807) is 7.11 Å². The second kappa shape index (κ2) is 6.45. The molecule has 0 bridgehead atoms. The van der Waals surface area contributed by atoms with Crippen molar-refractivity contribution in [3.63, 3.8) is 0 Å². The summed E-state index contributed by atoms with van der Waals surface area (Å²) in [7, 11) is 1.66. The summed E-state index contributed by atoms with van der Waals surface area (Å²) >= 11 is 0. The van der Waals surface area contributed by atoms with Crippen molar-refractivity contribution in [2.45, 2.75) is 31.5 Å². The number of hydrogen-bond acceptors (Lipinski definition) is 4. The van der Waals surface area contributed by atoms with Crippen LogP contribution in [0.5, 0.6) is 5.75 Å². The molecule has 1 unspecified atom stereocenters. The predicted octanol–water partition coefficient (Wildman–Crippen LogP) is 1.17. The molecule has 1 saturated carbocycles. The predicted molar refractivity (Wildman–Crippen MR) is 79.2 cm³/mol. The minimum Gasteiger partial charge on any atom is -0.497 e. The normalized spacial score (nSPS) is 21.9. The molecule has 1 saturated heterocycles. The highest BCUT2D eigenvalue weighted by Crippen LogP contribution is 2.29. The first-order chi connectivity index (χ1) is 10.3. The van der Waals surface area contributed by atoms with Crippen LogP contribution in [0.4, 0.5) is 0 Å². The van der Waals surface area contributed by atoms with Crippen LogP contribution >= 0.6 is 0 Å². The van der Waals surface area contributed by atoms with Crippen LogP contribution in [-0.2, 0) is 16.1 Å². The molecule has 1 atom stereocenters. The van der Waals surface area contributed by atoms with Crippen molar-refractivity contribution < 1.29 is 14.3 Å². The first-order valence-electron chi connectivity index (χ1n) is 7.53. The lowest BCUT2D eigenvalue weighted by molar-refractivity contribution is -0.146. The third kappa shape index (κ3) is 3.54. The van der Waals surface area contributed by atoms with E-state index in [0.29, 0.717) is 25.7 Å². The van der Waals surface area contributed by atoms with Gasteiger partial charge in [0.15, 0.2) is 0 Å². The topological polar surface area (TPSA) is 50.8 Å². The molecule has 1 amide bonds. The Morgan fingerprint density at radius 1 is 1.38 bits per heavy atom. The van der Waals surface area contributed by atoms with Gasteiger partial charge in [-0.15, -0.1) is 0 Å². The van der Waals surface area contributed by atoms with Crippen LogP contribution < -0.4 is 10.1 Å². The van der Waals surface area contributed by atoms with Gasteiger partial charge in [-0.05, 0) is 30.5 Å². The van der Waals surface area contributed by atoms with Crippen molar-refractivity contribution in [1.82, 2.24) is 10.2 Å². The zero-order valence-corrected chi connectivity index (χ0v) is 12.4. The van der Waals surface area contributed by atoms with Gasteiger partial charge in [-0.25, -0.2) is 0 Å². The average Bonchev–Trinajstić information content (AvgIpc) is 3.38. The van der Waals surface area contributed by atoms with Crippen LogP contribution in [0.25, 0.3) is 0 Å². The van der Waals surface area contributed by atoms with Crippen molar-refractivity contribution in [3.8, 4) is 5.75 Å². The molecule has 3 rings (SSSR count). The van der Waals surface area contributed by atoms with Crippen molar-refractivity contribution in [2.75, 3.05) is 26.8 Å². The number of benzene rings is 1. The minimum absolute atomic E-state index is 0.112. The van der Waals surface area contributed by atoms with Crippen LogP contribution in [-0.4, -0.2) is 49.8 Å². The number of nitrogens with zero attached hydrogens (tertiary/aromatic N) is 1. The highest BCUT2D eigenvalue weighted by molar-refractivity contribution is 5.82. The van der Waals surface area contributed by atoms with E-state index >= 15 is 0 Å². The maximum atomic E-state index is 12.6. The van der Waals surface area contributed by atoms with E-state index in [-0.39, 0.29) is 12.0 Å². The number of rotatable bonds is 5. The Morgan fingerprint density at radius 2 is 2.14 bits per heavy atom. The second-order valence-corrected chi connectivity index (χ2v) is 5.61. The summed E-state index contributed by atoms with van der Waals surface area (Å²) in [5.74, 6) is 0.948. The standard InChI is InChI=1S/C16H22N2O3/c1-20-14-6-2-12(3-7-14)11-18(13-4-5-13)16(19)15-10-17-8-9-21-15/h2-3,6-7,13,15,17H,4-5,8-11H2,1H3. The summed E-state index contributed by atoms with van der Waals surface area (Å²) in [6.07, 6.45) is 1.86. The van der Waals surface area contributed by atoms with E-state index in [2.05, 4.69) is 5.32 Å². The number of ether oxygens (including phenoxy) is 2. The second-order valence-electron chi connectivity index (χ2n) is 5.61. The Kier molecular flexibility index (Phi) is 4.41. The summed E-state index contributed by atoms with van der Waals surface area (Å²) in [5, 5.41) is 3.22. The number of morpholine rings is 1. The fourth-order valence-electron chi connectivity index (χ4n) is 2.61. The molecule has 1 heterocycles. The molecule has 1 aromatic carbocycles. The molecular formula is C16H22N2O3. The van der Waals surface area contributed by atoms with Gasteiger partial charge in [-0.3, -0.25) is 4.79 Å². The van der Waals surface area contributed by atoms with Gasteiger partial charge in [0.1, 0.15) is 11.9 Å².